The Kier molecular flexibility index (Phi) is 3.65. The van der Waals surface area contributed by atoms with Gasteiger partial charge >= 0.3 is 0 Å². The summed E-state index contributed by atoms with van der Waals surface area (Å²) in [7, 11) is -3.74. The second kappa shape index (κ2) is 5.86. The quantitative estimate of drug-likeness (QED) is 0.722. The van der Waals surface area contributed by atoms with Crippen LogP contribution in [-0.2, 0) is 22.3 Å². The molecule has 0 saturated carbocycles. The lowest BCUT2D eigenvalue weighted by atomic mass is 10.1. The van der Waals surface area contributed by atoms with E-state index in [0.29, 0.717) is 22.6 Å². The van der Waals surface area contributed by atoms with Gasteiger partial charge in [-0.25, -0.2) is 12.7 Å². The molecular weight excluding hydrogens is 340 g/mol. The maximum absolute atomic E-state index is 12.6. The average Bonchev–Trinajstić information content (AvgIpc) is 3.08. The molecule has 1 aromatic heterocycles. The molecule has 4 rings (SSSR count). The lowest BCUT2D eigenvalue weighted by Crippen LogP contribution is -2.41. The zero-order chi connectivity index (χ0) is 17.4. The summed E-state index contributed by atoms with van der Waals surface area (Å²) < 4.78 is 31.1. The van der Waals surface area contributed by atoms with Crippen LogP contribution in [0.25, 0.3) is 11.3 Å². The number of amides is 1. The van der Waals surface area contributed by atoms with E-state index in [1.165, 1.54) is 0 Å². The van der Waals surface area contributed by atoms with Gasteiger partial charge in [0.1, 0.15) is 5.69 Å². The smallest absolute Gasteiger partial charge is 0.268 e. The molecule has 0 aliphatic carbocycles. The molecule has 1 aliphatic heterocycles. The molecule has 0 saturated heterocycles. The van der Waals surface area contributed by atoms with Gasteiger partial charge in [-0.05, 0) is 11.6 Å². The van der Waals surface area contributed by atoms with Crippen LogP contribution >= 0.6 is 0 Å². The third-order valence-corrected chi connectivity index (χ3v) is 5.72. The topological polar surface area (TPSA) is 80.5 Å². The third kappa shape index (κ3) is 2.83. The summed E-state index contributed by atoms with van der Waals surface area (Å²) in [6.45, 7) is -0.171. The van der Waals surface area contributed by atoms with E-state index in [1.54, 1.807) is 30.3 Å². The number of hydrogen-bond acceptors (Lipinski definition) is 5. The fraction of sp³-hybridized carbons (Fsp3) is 0.111. The van der Waals surface area contributed by atoms with E-state index in [9.17, 15) is 13.2 Å². The predicted octanol–water partition coefficient (Wildman–Crippen LogP) is 2.83. The van der Waals surface area contributed by atoms with Crippen molar-refractivity contribution in [1.82, 2.24) is 9.46 Å². The van der Waals surface area contributed by atoms with E-state index >= 15 is 0 Å². The zero-order valence-corrected chi connectivity index (χ0v) is 13.9. The molecule has 1 aliphatic rings. The maximum atomic E-state index is 12.6. The predicted molar refractivity (Wildman–Crippen MR) is 90.9 cm³/mol. The Bertz CT molecular complexity index is 1040. The van der Waals surface area contributed by atoms with Crippen LogP contribution in [0.2, 0.25) is 0 Å². The van der Waals surface area contributed by atoms with Gasteiger partial charge in [-0.1, -0.05) is 53.7 Å². The van der Waals surface area contributed by atoms with E-state index < -0.39 is 15.9 Å². The molecule has 126 valence electrons. The Morgan fingerprint density at radius 1 is 1.04 bits per heavy atom. The monoisotopic (exact) mass is 354 g/mol. The van der Waals surface area contributed by atoms with Crippen molar-refractivity contribution in [1.29, 1.82) is 0 Å². The minimum absolute atomic E-state index is 0.171. The van der Waals surface area contributed by atoms with Crippen LogP contribution in [0.3, 0.4) is 0 Å². The number of aromatic nitrogens is 1. The summed E-state index contributed by atoms with van der Waals surface area (Å²) in [5.74, 6) is -0.427. The number of carbonyl (C=O) groups excluding carboxylic acids is 1. The first kappa shape index (κ1) is 15.6. The second-order valence-corrected chi connectivity index (χ2v) is 7.66. The lowest BCUT2D eigenvalue weighted by Gasteiger charge is -2.27. The first-order valence-electron chi connectivity index (χ1n) is 7.68. The molecule has 0 spiro atoms. The molecule has 2 heterocycles. The minimum atomic E-state index is -3.74. The summed E-state index contributed by atoms with van der Waals surface area (Å²) in [4.78, 5) is 12.6. The molecule has 0 radical (unpaired) electrons. The molecular formula is C18H14N2O4S. The second-order valence-electron chi connectivity index (χ2n) is 5.77. The Morgan fingerprint density at radius 3 is 2.56 bits per heavy atom. The Hall–Kier alpha value is -2.93. The van der Waals surface area contributed by atoms with Crippen molar-refractivity contribution >= 4 is 15.9 Å². The Morgan fingerprint density at radius 2 is 1.76 bits per heavy atom. The summed E-state index contributed by atoms with van der Waals surface area (Å²) in [6.07, 6.45) is 0. The van der Waals surface area contributed by atoms with Crippen molar-refractivity contribution in [2.75, 3.05) is 0 Å². The third-order valence-electron chi connectivity index (χ3n) is 4.08. The van der Waals surface area contributed by atoms with Crippen LogP contribution in [0.4, 0.5) is 0 Å². The van der Waals surface area contributed by atoms with Crippen molar-refractivity contribution < 1.29 is 17.7 Å². The first-order chi connectivity index (χ1) is 12.0. The van der Waals surface area contributed by atoms with Crippen LogP contribution < -0.4 is 0 Å². The van der Waals surface area contributed by atoms with Gasteiger partial charge in [0.05, 0.1) is 12.3 Å². The molecule has 6 nitrogen and oxygen atoms in total. The highest BCUT2D eigenvalue weighted by atomic mass is 32.2. The van der Waals surface area contributed by atoms with Crippen molar-refractivity contribution in [3.8, 4) is 11.3 Å². The molecule has 0 bridgehead atoms. The fourth-order valence-electron chi connectivity index (χ4n) is 2.83. The molecule has 0 fully saturated rings. The van der Waals surface area contributed by atoms with Gasteiger partial charge < -0.3 is 4.52 Å². The molecule has 0 atom stereocenters. The average molecular weight is 354 g/mol. The van der Waals surface area contributed by atoms with Gasteiger partial charge in [-0.2, -0.15) is 0 Å². The summed E-state index contributed by atoms with van der Waals surface area (Å²) >= 11 is 0. The van der Waals surface area contributed by atoms with Crippen molar-refractivity contribution in [3.63, 3.8) is 0 Å². The number of fused-ring (bicyclic) bond motifs is 1. The van der Waals surface area contributed by atoms with Gasteiger partial charge in [0.15, 0.2) is 5.76 Å². The summed E-state index contributed by atoms with van der Waals surface area (Å²) in [5.41, 5.74) is 2.37. The van der Waals surface area contributed by atoms with Crippen LogP contribution in [0, 0.1) is 0 Å². The van der Waals surface area contributed by atoms with Crippen LogP contribution in [0.5, 0.6) is 0 Å². The molecule has 0 unspecified atom stereocenters. The number of benzene rings is 2. The van der Waals surface area contributed by atoms with E-state index in [1.807, 2.05) is 30.3 Å². The maximum Gasteiger partial charge on any atom is 0.268 e. The largest absolute Gasteiger partial charge is 0.359 e. The standard InChI is InChI=1S/C18H14N2O4S/c21-18-16-9-5-4-8-14(16)12-25(22,23)20(18)11-15-10-17(19-24-15)13-6-2-1-3-7-13/h1-10H,11-12H2. The number of carbonyl (C=O) groups is 1. The minimum Gasteiger partial charge on any atom is -0.359 e. The number of hydrogen-bond donors (Lipinski definition) is 0. The molecule has 25 heavy (non-hydrogen) atoms. The molecule has 7 heteroatoms. The van der Waals surface area contributed by atoms with E-state index in [4.69, 9.17) is 4.52 Å². The van der Waals surface area contributed by atoms with Crippen molar-refractivity contribution in [2.24, 2.45) is 0 Å². The lowest BCUT2D eigenvalue weighted by molar-refractivity contribution is 0.0840. The Labute approximate surface area is 144 Å². The Balaban J connectivity index is 1.65. The van der Waals surface area contributed by atoms with Gasteiger partial charge in [-0.3, -0.25) is 4.79 Å². The highest BCUT2D eigenvalue weighted by Crippen LogP contribution is 2.27. The summed E-state index contributed by atoms with van der Waals surface area (Å²) in [5, 5.41) is 3.96. The first-order valence-corrected chi connectivity index (χ1v) is 9.29. The highest BCUT2D eigenvalue weighted by Gasteiger charge is 2.36. The van der Waals surface area contributed by atoms with Gasteiger partial charge in [0.2, 0.25) is 10.0 Å². The normalized spacial score (nSPS) is 15.8. The number of sulfonamides is 1. The van der Waals surface area contributed by atoms with Crippen molar-refractivity contribution in [2.45, 2.75) is 12.3 Å². The van der Waals surface area contributed by atoms with E-state index in [-0.39, 0.29) is 12.3 Å². The van der Waals surface area contributed by atoms with Crippen LogP contribution in [-0.4, -0.2) is 23.8 Å². The molecule has 2 aromatic carbocycles. The van der Waals surface area contributed by atoms with Gasteiger partial charge in [-0.15, -0.1) is 0 Å². The highest BCUT2D eigenvalue weighted by molar-refractivity contribution is 7.89. The van der Waals surface area contributed by atoms with Gasteiger partial charge in [0, 0.05) is 17.2 Å². The van der Waals surface area contributed by atoms with Crippen LogP contribution in [0.1, 0.15) is 21.7 Å². The van der Waals surface area contributed by atoms with E-state index in [2.05, 4.69) is 5.16 Å². The van der Waals surface area contributed by atoms with E-state index in [0.717, 1.165) is 9.87 Å². The number of rotatable bonds is 3. The fourth-order valence-corrected chi connectivity index (χ4v) is 4.31. The number of nitrogens with zero attached hydrogens (tertiary/aromatic N) is 2. The molecule has 1 amide bonds. The SMILES string of the molecule is O=C1c2ccccc2CS(=O)(=O)N1Cc1cc(-c2ccccc2)no1. The van der Waals surface area contributed by atoms with Gasteiger partial charge in [0.25, 0.3) is 5.91 Å². The van der Waals surface area contributed by atoms with Crippen LogP contribution in [0.15, 0.2) is 65.2 Å². The molecule has 0 N–H and O–H groups in total. The van der Waals surface area contributed by atoms with Crippen molar-refractivity contribution in [3.05, 3.63) is 77.6 Å². The molecule has 3 aromatic rings. The summed E-state index contributed by atoms with van der Waals surface area (Å²) in [6, 6.07) is 17.8. The zero-order valence-electron chi connectivity index (χ0n) is 13.1.